The molecular weight excluding hydrogens is 325 g/mol. The van der Waals surface area contributed by atoms with Crippen LogP contribution in [0.25, 0.3) is 0 Å². The Morgan fingerprint density at radius 2 is 2.08 bits per heavy atom. The van der Waals surface area contributed by atoms with Crippen molar-refractivity contribution in [2.24, 2.45) is 0 Å². The van der Waals surface area contributed by atoms with Gasteiger partial charge < -0.3 is 19.0 Å². The minimum absolute atomic E-state index is 0.0417. The van der Waals surface area contributed by atoms with Gasteiger partial charge in [-0.05, 0) is 36.8 Å². The average molecular weight is 349 g/mol. The van der Waals surface area contributed by atoms with Gasteiger partial charge in [0.2, 0.25) is 0 Å². The fourth-order valence-corrected chi connectivity index (χ4v) is 3.09. The smallest absolute Gasteiger partial charge is 0.129 e. The van der Waals surface area contributed by atoms with Gasteiger partial charge in [0.15, 0.2) is 0 Å². The largest absolute Gasteiger partial charge is 0.467 e. The van der Waals surface area contributed by atoms with Gasteiger partial charge in [-0.2, -0.15) is 0 Å². The molecule has 3 atom stereocenters. The number of rotatable bonds is 7. The van der Waals surface area contributed by atoms with Crippen LogP contribution in [0.3, 0.4) is 0 Å². The summed E-state index contributed by atoms with van der Waals surface area (Å²) >= 11 is 0. The van der Waals surface area contributed by atoms with Crippen LogP contribution in [0, 0.1) is 5.82 Å². The summed E-state index contributed by atoms with van der Waals surface area (Å²) in [5.41, 5.74) is 0.946. The molecule has 1 aromatic heterocycles. The molecule has 0 aliphatic carbocycles. The first-order valence-corrected chi connectivity index (χ1v) is 8.51. The highest BCUT2D eigenvalue weighted by atomic mass is 19.1. The monoisotopic (exact) mass is 349 g/mol. The van der Waals surface area contributed by atoms with Gasteiger partial charge in [-0.3, -0.25) is 4.90 Å². The van der Waals surface area contributed by atoms with Gasteiger partial charge in [-0.15, -0.1) is 0 Å². The highest BCUT2D eigenvalue weighted by molar-refractivity contribution is 5.19. The number of furan rings is 1. The quantitative estimate of drug-likeness (QED) is 0.833. The topological polar surface area (TPSA) is 55.1 Å². The van der Waals surface area contributed by atoms with E-state index >= 15 is 0 Å². The average Bonchev–Trinajstić information content (AvgIpc) is 3.08. The van der Waals surface area contributed by atoms with Crippen molar-refractivity contribution in [3.63, 3.8) is 0 Å². The van der Waals surface area contributed by atoms with Crippen molar-refractivity contribution in [1.29, 1.82) is 0 Å². The molecule has 0 spiro atoms. The van der Waals surface area contributed by atoms with Crippen molar-refractivity contribution < 1.29 is 23.4 Å². The van der Waals surface area contributed by atoms with E-state index in [1.54, 1.807) is 24.5 Å². The Labute approximate surface area is 147 Å². The van der Waals surface area contributed by atoms with E-state index in [4.69, 9.17) is 13.9 Å². The molecule has 1 aliphatic rings. The van der Waals surface area contributed by atoms with Crippen LogP contribution in [-0.4, -0.2) is 48.5 Å². The van der Waals surface area contributed by atoms with E-state index in [0.29, 0.717) is 19.7 Å². The van der Waals surface area contributed by atoms with Gasteiger partial charge in [0.05, 0.1) is 31.2 Å². The Kier molecular flexibility index (Phi) is 6.20. The molecule has 3 rings (SSSR count). The van der Waals surface area contributed by atoms with Crippen molar-refractivity contribution in [3.8, 4) is 0 Å². The van der Waals surface area contributed by atoms with Gasteiger partial charge in [-0.1, -0.05) is 12.1 Å². The molecular formula is C19H24FNO4. The molecule has 5 nitrogen and oxygen atoms in total. The van der Waals surface area contributed by atoms with Crippen LogP contribution in [0.1, 0.15) is 24.4 Å². The van der Waals surface area contributed by atoms with Gasteiger partial charge in [0.1, 0.15) is 18.2 Å². The van der Waals surface area contributed by atoms with Crippen molar-refractivity contribution in [1.82, 2.24) is 4.90 Å². The number of ether oxygens (including phenoxy) is 2. The van der Waals surface area contributed by atoms with Crippen LogP contribution in [0.4, 0.5) is 4.39 Å². The lowest BCUT2D eigenvalue weighted by Crippen LogP contribution is -2.46. The third kappa shape index (κ3) is 5.37. The maximum Gasteiger partial charge on any atom is 0.129 e. The molecule has 6 heteroatoms. The number of hydrogen-bond donors (Lipinski definition) is 1. The van der Waals surface area contributed by atoms with Crippen LogP contribution in [0.5, 0.6) is 0 Å². The minimum Gasteiger partial charge on any atom is -0.467 e. The van der Waals surface area contributed by atoms with Crippen LogP contribution in [-0.2, 0) is 16.1 Å². The molecule has 0 radical (unpaired) electrons. The van der Waals surface area contributed by atoms with Crippen molar-refractivity contribution in [3.05, 3.63) is 59.8 Å². The van der Waals surface area contributed by atoms with Crippen LogP contribution in [0.15, 0.2) is 47.1 Å². The summed E-state index contributed by atoms with van der Waals surface area (Å²) in [4.78, 5) is 2.16. The molecule has 1 fully saturated rings. The summed E-state index contributed by atoms with van der Waals surface area (Å²) in [6, 6.07) is 10.0. The standard InChI is InChI=1S/C19H24FNO4/c1-14-9-21(10-17(22)12-23-13-18-3-2-8-24-18)11-19(25-14)15-4-6-16(20)7-5-15/h2-8,14,17,19,22H,9-13H2,1H3. The van der Waals surface area contributed by atoms with Crippen molar-refractivity contribution in [2.75, 3.05) is 26.2 Å². The van der Waals surface area contributed by atoms with E-state index in [1.165, 1.54) is 12.1 Å². The van der Waals surface area contributed by atoms with Crippen LogP contribution >= 0.6 is 0 Å². The predicted octanol–water partition coefficient (Wildman–Crippen LogP) is 2.76. The molecule has 0 amide bonds. The molecule has 1 aliphatic heterocycles. The number of halogens is 1. The lowest BCUT2D eigenvalue weighted by molar-refractivity contribution is -0.0922. The second-order valence-electron chi connectivity index (χ2n) is 6.45. The van der Waals surface area contributed by atoms with E-state index < -0.39 is 6.10 Å². The molecule has 3 unspecified atom stereocenters. The van der Waals surface area contributed by atoms with E-state index in [9.17, 15) is 9.50 Å². The SMILES string of the molecule is CC1CN(CC(O)COCc2ccco2)CC(c2ccc(F)cc2)O1. The zero-order valence-electron chi connectivity index (χ0n) is 14.3. The van der Waals surface area contributed by atoms with Crippen LogP contribution in [0.2, 0.25) is 0 Å². The maximum absolute atomic E-state index is 13.1. The van der Waals surface area contributed by atoms with Gasteiger partial charge in [0.25, 0.3) is 0 Å². The molecule has 1 aromatic carbocycles. The minimum atomic E-state index is -0.589. The molecule has 136 valence electrons. The second-order valence-corrected chi connectivity index (χ2v) is 6.45. The number of nitrogens with zero attached hydrogens (tertiary/aromatic N) is 1. The third-order valence-corrected chi connectivity index (χ3v) is 4.18. The summed E-state index contributed by atoms with van der Waals surface area (Å²) in [5.74, 6) is 0.483. The molecule has 2 aromatic rings. The summed E-state index contributed by atoms with van der Waals surface area (Å²) in [5, 5.41) is 10.2. The molecule has 1 saturated heterocycles. The van der Waals surface area contributed by atoms with Gasteiger partial charge in [0, 0.05) is 19.6 Å². The number of aliphatic hydroxyl groups is 1. The lowest BCUT2D eigenvalue weighted by Gasteiger charge is -2.37. The summed E-state index contributed by atoms with van der Waals surface area (Å²) in [6.45, 7) is 4.50. The highest BCUT2D eigenvalue weighted by Gasteiger charge is 2.27. The Hall–Kier alpha value is -1.73. The normalized spacial score (nSPS) is 22.8. The van der Waals surface area contributed by atoms with Crippen molar-refractivity contribution in [2.45, 2.75) is 31.8 Å². The number of β-amino-alcohol motifs (C(OH)–C–C–N with tert-alkyl or cyclic N) is 1. The number of benzene rings is 1. The zero-order chi connectivity index (χ0) is 17.6. The third-order valence-electron chi connectivity index (χ3n) is 4.18. The first-order chi connectivity index (χ1) is 12.1. The maximum atomic E-state index is 13.1. The fraction of sp³-hybridized carbons (Fsp3) is 0.474. The van der Waals surface area contributed by atoms with Crippen molar-refractivity contribution >= 4 is 0 Å². The Bertz CT molecular complexity index is 631. The number of morpholine rings is 1. The summed E-state index contributed by atoms with van der Waals surface area (Å²) in [6.07, 6.45) is 0.926. The molecule has 25 heavy (non-hydrogen) atoms. The molecule has 1 N–H and O–H groups in total. The van der Waals surface area contributed by atoms with E-state index in [1.807, 2.05) is 13.0 Å². The zero-order valence-corrected chi connectivity index (χ0v) is 14.3. The van der Waals surface area contributed by atoms with Gasteiger partial charge >= 0.3 is 0 Å². The first kappa shape index (κ1) is 18.1. The van der Waals surface area contributed by atoms with E-state index in [-0.39, 0.29) is 24.6 Å². The van der Waals surface area contributed by atoms with Gasteiger partial charge in [-0.25, -0.2) is 4.39 Å². The Morgan fingerprint density at radius 3 is 2.80 bits per heavy atom. The Morgan fingerprint density at radius 1 is 1.28 bits per heavy atom. The van der Waals surface area contributed by atoms with E-state index in [0.717, 1.165) is 17.9 Å². The lowest BCUT2D eigenvalue weighted by atomic mass is 10.1. The summed E-state index contributed by atoms with van der Waals surface area (Å²) in [7, 11) is 0. The molecule has 0 saturated carbocycles. The number of aliphatic hydroxyl groups excluding tert-OH is 1. The number of hydrogen-bond acceptors (Lipinski definition) is 5. The fourth-order valence-electron chi connectivity index (χ4n) is 3.09. The molecule has 0 bridgehead atoms. The van der Waals surface area contributed by atoms with Crippen LogP contribution < -0.4 is 0 Å². The molecule has 2 heterocycles. The Balaban J connectivity index is 1.48. The second kappa shape index (κ2) is 8.58. The van der Waals surface area contributed by atoms with E-state index in [2.05, 4.69) is 4.90 Å². The highest BCUT2D eigenvalue weighted by Crippen LogP contribution is 2.25. The summed E-state index contributed by atoms with van der Waals surface area (Å²) < 4.78 is 29.7. The first-order valence-electron chi connectivity index (χ1n) is 8.51. The predicted molar refractivity (Wildman–Crippen MR) is 90.5 cm³/mol.